The third-order valence-corrected chi connectivity index (χ3v) is 5.03. The van der Waals surface area contributed by atoms with Crippen LogP contribution < -0.4 is 5.32 Å². The lowest BCUT2D eigenvalue weighted by atomic mass is 10.1. The van der Waals surface area contributed by atoms with Crippen LogP contribution in [0.3, 0.4) is 0 Å². The second-order valence-electron chi connectivity index (χ2n) is 7.36. The van der Waals surface area contributed by atoms with Gasteiger partial charge in [-0.05, 0) is 24.1 Å². The number of carbonyl (C=O) groups excluding carboxylic acids is 1. The SMILES string of the molecule is CCOC(=O)C(Cc1ccoc1)Nc1ncc(-c2ccccc2)nc1Cc1ccccc1. The molecule has 2 aromatic carbocycles. The van der Waals surface area contributed by atoms with E-state index in [2.05, 4.69) is 22.4 Å². The third kappa shape index (κ3) is 5.40. The summed E-state index contributed by atoms with van der Waals surface area (Å²) in [6, 6.07) is 21.2. The van der Waals surface area contributed by atoms with E-state index in [-0.39, 0.29) is 5.97 Å². The lowest BCUT2D eigenvalue weighted by Crippen LogP contribution is -2.34. The van der Waals surface area contributed by atoms with E-state index in [1.54, 1.807) is 25.6 Å². The molecule has 0 radical (unpaired) electrons. The van der Waals surface area contributed by atoms with Crippen molar-refractivity contribution < 1.29 is 13.9 Å². The molecule has 0 bridgehead atoms. The van der Waals surface area contributed by atoms with E-state index in [4.69, 9.17) is 14.1 Å². The molecule has 1 atom stereocenters. The third-order valence-electron chi connectivity index (χ3n) is 5.03. The number of aromatic nitrogens is 2. The number of furan rings is 1. The molecule has 2 aromatic heterocycles. The Morgan fingerprint density at radius 3 is 2.47 bits per heavy atom. The number of carbonyl (C=O) groups is 1. The average Bonchev–Trinajstić information content (AvgIpc) is 3.34. The van der Waals surface area contributed by atoms with Crippen LogP contribution in [-0.4, -0.2) is 28.6 Å². The minimum Gasteiger partial charge on any atom is -0.472 e. The molecule has 0 saturated carbocycles. The molecule has 4 aromatic rings. The van der Waals surface area contributed by atoms with Crippen molar-refractivity contribution in [2.75, 3.05) is 11.9 Å². The van der Waals surface area contributed by atoms with Gasteiger partial charge in [-0.3, -0.25) is 0 Å². The molecule has 0 amide bonds. The molecule has 2 heterocycles. The number of benzene rings is 2. The Kier molecular flexibility index (Phi) is 6.92. The van der Waals surface area contributed by atoms with Gasteiger partial charge >= 0.3 is 5.97 Å². The quantitative estimate of drug-likeness (QED) is 0.382. The second kappa shape index (κ2) is 10.4. The number of hydrogen-bond donors (Lipinski definition) is 1. The Balaban J connectivity index is 1.67. The monoisotopic (exact) mass is 427 g/mol. The lowest BCUT2D eigenvalue weighted by molar-refractivity contribution is -0.144. The molecule has 0 saturated heterocycles. The van der Waals surface area contributed by atoms with Crippen molar-refractivity contribution >= 4 is 11.8 Å². The first kappa shape index (κ1) is 21.3. The molecular weight excluding hydrogens is 402 g/mol. The summed E-state index contributed by atoms with van der Waals surface area (Å²) in [5.74, 6) is 0.225. The number of rotatable bonds is 9. The summed E-state index contributed by atoms with van der Waals surface area (Å²) >= 11 is 0. The van der Waals surface area contributed by atoms with Gasteiger partial charge < -0.3 is 14.5 Å². The first-order chi connectivity index (χ1) is 15.7. The Hall–Kier alpha value is -3.93. The number of hydrogen-bond acceptors (Lipinski definition) is 6. The van der Waals surface area contributed by atoms with Crippen LogP contribution in [-0.2, 0) is 22.4 Å². The molecule has 6 nitrogen and oxygen atoms in total. The standard InChI is InChI=1S/C26H25N3O3/c1-2-32-26(30)23(16-20-13-14-31-18-20)29-25-22(15-19-9-5-3-6-10-19)28-24(17-27-25)21-11-7-4-8-12-21/h3-14,17-18,23H,2,15-16H2,1H3,(H,27,29). The number of nitrogens with zero attached hydrogens (tertiary/aromatic N) is 2. The predicted octanol–water partition coefficient (Wildman–Crippen LogP) is 4.91. The van der Waals surface area contributed by atoms with Crippen LogP contribution in [0, 0.1) is 0 Å². The van der Waals surface area contributed by atoms with Gasteiger partial charge in [-0.2, -0.15) is 0 Å². The summed E-state index contributed by atoms with van der Waals surface area (Å²) < 4.78 is 10.5. The zero-order chi connectivity index (χ0) is 22.2. The predicted molar refractivity (Wildman–Crippen MR) is 123 cm³/mol. The van der Waals surface area contributed by atoms with Crippen molar-refractivity contribution in [2.24, 2.45) is 0 Å². The van der Waals surface area contributed by atoms with Gasteiger partial charge in [-0.1, -0.05) is 60.7 Å². The highest BCUT2D eigenvalue weighted by molar-refractivity contribution is 5.79. The van der Waals surface area contributed by atoms with Crippen LogP contribution in [0.4, 0.5) is 5.82 Å². The van der Waals surface area contributed by atoms with Crippen molar-refractivity contribution in [3.8, 4) is 11.3 Å². The maximum absolute atomic E-state index is 12.7. The maximum atomic E-state index is 12.7. The highest BCUT2D eigenvalue weighted by atomic mass is 16.5. The van der Waals surface area contributed by atoms with Crippen LogP contribution in [0.25, 0.3) is 11.3 Å². The molecule has 1 unspecified atom stereocenters. The summed E-state index contributed by atoms with van der Waals surface area (Å²) in [5.41, 5.74) is 4.54. The minimum absolute atomic E-state index is 0.303. The smallest absolute Gasteiger partial charge is 0.328 e. The number of anilines is 1. The van der Waals surface area contributed by atoms with Gasteiger partial charge in [0.2, 0.25) is 0 Å². The van der Waals surface area contributed by atoms with Crippen molar-refractivity contribution in [3.05, 3.63) is 102 Å². The number of esters is 1. The second-order valence-corrected chi connectivity index (χ2v) is 7.36. The fraction of sp³-hybridized carbons (Fsp3) is 0.192. The Bertz CT molecular complexity index is 1130. The number of ether oxygens (including phenoxy) is 1. The summed E-state index contributed by atoms with van der Waals surface area (Å²) in [5, 5.41) is 3.28. The average molecular weight is 428 g/mol. The molecular formula is C26H25N3O3. The molecule has 0 aliphatic rings. The van der Waals surface area contributed by atoms with Gasteiger partial charge in [0.05, 0.1) is 36.7 Å². The van der Waals surface area contributed by atoms with Gasteiger partial charge in [-0.15, -0.1) is 0 Å². The van der Waals surface area contributed by atoms with Crippen molar-refractivity contribution in [2.45, 2.75) is 25.8 Å². The Labute approximate surface area is 187 Å². The maximum Gasteiger partial charge on any atom is 0.328 e. The molecule has 4 rings (SSSR count). The molecule has 0 fully saturated rings. The van der Waals surface area contributed by atoms with Crippen molar-refractivity contribution in [1.29, 1.82) is 0 Å². The van der Waals surface area contributed by atoms with Crippen LogP contribution in [0.5, 0.6) is 0 Å². The van der Waals surface area contributed by atoms with E-state index < -0.39 is 6.04 Å². The van der Waals surface area contributed by atoms with E-state index in [0.29, 0.717) is 25.3 Å². The van der Waals surface area contributed by atoms with Crippen molar-refractivity contribution in [3.63, 3.8) is 0 Å². The number of nitrogens with one attached hydrogen (secondary N) is 1. The lowest BCUT2D eigenvalue weighted by Gasteiger charge is -2.19. The largest absolute Gasteiger partial charge is 0.472 e. The summed E-state index contributed by atoms with van der Waals surface area (Å²) in [7, 11) is 0. The highest BCUT2D eigenvalue weighted by Crippen LogP contribution is 2.23. The molecule has 162 valence electrons. The molecule has 0 spiro atoms. The Morgan fingerprint density at radius 1 is 1.03 bits per heavy atom. The van der Waals surface area contributed by atoms with E-state index >= 15 is 0 Å². The van der Waals surface area contributed by atoms with E-state index in [9.17, 15) is 4.79 Å². The van der Waals surface area contributed by atoms with Gasteiger partial charge in [0.15, 0.2) is 0 Å². The topological polar surface area (TPSA) is 77.2 Å². The molecule has 0 aliphatic carbocycles. The van der Waals surface area contributed by atoms with Gasteiger partial charge in [-0.25, -0.2) is 14.8 Å². The first-order valence-corrected chi connectivity index (χ1v) is 10.6. The summed E-state index contributed by atoms with van der Waals surface area (Å²) in [6.45, 7) is 2.10. The fourth-order valence-electron chi connectivity index (χ4n) is 3.45. The summed E-state index contributed by atoms with van der Waals surface area (Å²) in [6.07, 6.45) is 5.95. The molecule has 1 N–H and O–H groups in total. The van der Waals surface area contributed by atoms with Crippen LogP contribution in [0.15, 0.2) is 89.9 Å². The van der Waals surface area contributed by atoms with Gasteiger partial charge in [0.1, 0.15) is 11.9 Å². The van der Waals surface area contributed by atoms with Gasteiger partial charge in [0, 0.05) is 18.4 Å². The molecule has 6 heteroatoms. The van der Waals surface area contributed by atoms with Crippen LogP contribution >= 0.6 is 0 Å². The van der Waals surface area contributed by atoms with Crippen molar-refractivity contribution in [1.82, 2.24) is 9.97 Å². The molecule has 0 aliphatic heterocycles. The zero-order valence-electron chi connectivity index (χ0n) is 17.9. The van der Waals surface area contributed by atoms with Crippen LogP contribution in [0.1, 0.15) is 23.7 Å². The van der Waals surface area contributed by atoms with E-state index in [1.165, 1.54) is 0 Å². The van der Waals surface area contributed by atoms with Gasteiger partial charge in [0.25, 0.3) is 0 Å². The van der Waals surface area contributed by atoms with E-state index in [1.807, 2.05) is 54.6 Å². The Morgan fingerprint density at radius 2 is 1.78 bits per heavy atom. The molecule has 32 heavy (non-hydrogen) atoms. The first-order valence-electron chi connectivity index (χ1n) is 10.6. The summed E-state index contributed by atoms with van der Waals surface area (Å²) in [4.78, 5) is 22.2. The van der Waals surface area contributed by atoms with E-state index in [0.717, 1.165) is 28.1 Å². The fourth-order valence-corrected chi connectivity index (χ4v) is 3.45. The zero-order valence-corrected chi connectivity index (χ0v) is 17.9. The normalized spacial score (nSPS) is 11.7. The van der Waals surface area contributed by atoms with Crippen LogP contribution in [0.2, 0.25) is 0 Å². The minimum atomic E-state index is -0.612. The highest BCUT2D eigenvalue weighted by Gasteiger charge is 2.23.